The molecule has 0 spiro atoms. The molecule has 2 aliphatic rings. The van der Waals surface area contributed by atoms with E-state index in [-0.39, 0.29) is 0 Å². The Morgan fingerprint density at radius 1 is 1.05 bits per heavy atom. The second kappa shape index (κ2) is 8.20. The van der Waals surface area contributed by atoms with E-state index >= 15 is 0 Å². The molecule has 0 unspecified atom stereocenters. The van der Waals surface area contributed by atoms with Crippen LogP contribution >= 0.6 is 0 Å². The van der Waals surface area contributed by atoms with Crippen molar-refractivity contribution in [2.45, 2.75) is 67.3 Å². The molecular formula is C15H31NO2Sn. The molecule has 0 saturated carbocycles. The van der Waals surface area contributed by atoms with Gasteiger partial charge < -0.3 is 0 Å². The molecule has 2 saturated heterocycles. The van der Waals surface area contributed by atoms with E-state index in [2.05, 4.69) is 18.7 Å². The molecule has 2 heterocycles. The van der Waals surface area contributed by atoms with Crippen LogP contribution in [-0.4, -0.2) is 56.5 Å². The topological polar surface area (TPSA) is 21.7 Å². The van der Waals surface area contributed by atoms with Gasteiger partial charge in [-0.15, -0.1) is 0 Å². The summed E-state index contributed by atoms with van der Waals surface area (Å²) in [5.41, 5.74) is 0. The minimum absolute atomic E-state index is 0.391. The van der Waals surface area contributed by atoms with Crippen molar-refractivity contribution >= 4 is 19.2 Å². The first-order valence-electron chi connectivity index (χ1n) is 8.32. The van der Waals surface area contributed by atoms with Crippen LogP contribution in [0, 0.1) is 0 Å². The van der Waals surface area contributed by atoms with Gasteiger partial charge in [0.25, 0.3) is 0 Å². The fourth-order valence-corrected chi connectivity index (χ4v) is 14.3. The molecule has 4 heteroatoms. The predicted molar refractivity (Wildman–Crippen MR) is 81.7 cm³/mol. The number of nitrogens with zero attached hydrogens (tertiary/aromatic N) is 1. The number of hydrogen-bond donors (Lipinski definition) is 0. The summed E-state index contributed by atoms with van der Waals surface area (Å²) < 4.78 is 15.4. The van der Waals surface area contributed by atoms with E-state index in [0.717, 1.165) is 13.2 Å². The van der Waals surface area contributed by atoms with Crippen LogP contribution in [0.2, 0.25) is 8.87 Å². The number of hydrogen-bond acceptors (Lipinski definition) is 3. The Balaban J connectivity index is 1.82. The van der Waals surface area contributed by atoms with Gasteiger partial charge in [-0.1, -0.05) is 0 Å². The third-order valence-electron chi connectivity index (χ3n) is 4.40. The Morgan fingerprint density at radius 3 is 2.26 bits per heavy atom. The van der Waals surface area contributed by atoms with E-state index in [4.69, 9.17) is 6.15 Å². The second-order valence-corrected chi connectivity index (χ2v) is 15.7. The molecule has 0 amide bonds. The van der Waals surface area contributed by atoms with Gasteiger partial charge in [0.15, 0.2) is 0 Å². The molecule has 0 radical (unpaired) electrons. The molecule has 0 N–H and O–H groups in total. The molecule has 2 rings (SSSR count). The van der Waals surface area contributed by atoms with Crippen LogP contribution in [0.1, 0.15) is 52.4 Å². The van der Waals surface area contributed by atoms with Crippen molar-refractivity contribution in [3.8, 4) is 0 Å². The van der Waals surface area contributed by atoms with Crippen molar-refractivity contribution < 1.29 is 6.15 Å². The van der Waals surface area contributed by atoms with Crippen molar-refractivity contribution in [1.29, 1.82) is 0 Å². The van der Waals surface area contributed by atoms with Gasteiger partial charge in [-0.05, 0) is 0 Å². The zero-order valence-corrected chi connectivity index (χ0v) is 15.7. The van der Waals surface area contributed by atoms with E-state index in [0.29, 0.717) is 6.10 Å². The normalized spacial score (nSPS) is 27.2. The predicted octanol–water partition coefficient (Wildman–Crippen LogP) is 3.54. The Hall–Kier alpha value is 0.679. The molecule has 0 bridgehead atoms. The van der Waals surface area contributed by atoms with Crippen molar-refractivity contribution in [3.63, 3.8) is 0 Å². The summed E-state index contributed by atoms with van der Waals surface area (Å²) in [5.74, 6) is 0. The number of rotatable bonds is 8. The fourth-order valence-electron chi connectivity index (χ4n) is 3.24. The van der Waals surface area contributed by atoms with E-state index in [9.17, 15) is 0 Å². The van der Waals surface area contributed by atoms with Crippen LogP contribution in [0.15, 0.2) is 0 Å². The second-order valence-electron chi connectivity index (χ2n) is 6.18. The first kappa shape index (κ1) is 16.1. The Kier molecular flexibility index (Phi) is 6.93. The molecule has 19 heavy (non-hydrogen) atoms. The average molecular weight is 376 g/mol. The zero-order valence-electron chi connectivity index (χ0n) is 12.8. The van der Waals surface area contributed by atoms with Gasteiger partial charge in [0.2, 0.25) is 0 Å². The summed E-state index contributed by atoms with van der Waals surface area (Å²) in [4.78, 5) is 2.57. The molecule has 0 aromatic heterocycles. The molecule has 3 nitrogen and oxygen atoms in total. The molecule has 1 atom stereocenters. The van der Waals surface area contributed by atoms with Gasteiger partial charge in [-0.3, -0.25) is 0 Å². The van der Waals surface area contributed by atoms with Crippen molar-refractivity contribution in [3.05, 3.63) is 0 Å². The van der Waals surface area contributed by atoms with Crippen LogP contribution in [0.3, 0.4) is 0 Å². The maximum absolute atomic E-state index is 6.56. The third-order valence-corrected chi connectivity index (χ3v) is 14.9. The van der Waals surface area contributed by atoms with E-state index in [1.54, 1.807) is 0 Å². The summed E-state index contributed by atoms with van der Waals surface area (Å²) in [5, 5.41) is 0. The number of unbranched alkanes of at least 4 members (excludes halogenated alkanes) is 2. The van der Waals surface area contributed by atoms with Gasteiger partial charge in [-0.2, -0.15) is 0 Å². The zero-order chi connectivity index (χ0) is 13.6. The van der Waals surface area contributed by atoms with Crippen LogP contribution in [0.25, 0.3) is 0 Å². The third kappa shape index (κ3) is 4.87. The first-order valence-corrected chi connectivity index (χ1v) is 14.7. The molecule has 0 aliphatic carbocycles. The SMILES string of the molecule is CCC[CH2][Sn]1([CH2]CCC)[O]C[C@@H](CN2CCCC2)[O]1. The van der Waals surface area contributed by atoms with Crippen molar-refractivity contribution in [2.75, 3.05) is 26.2 Å². The monoisotopic (exact) mass is 377 g/mol. The van der Waals surface area contributed by atoms with E-state index < -0.39 is 19.2 Å². The first-order chi connectivity index (χ1) is 9.28. The van der Waals surface area contributed by atoms with Crippen molar-refractivity contribution in [2.24, 2.45) is 0 Å². The molecular weight excluding hydrogens is 345 g/mol. The standard InChI is InChI=1S/C7H13NO2.2C4H9.Sn/c9-6-7(10)5-8-3-1-2-4-8;2*1-3-4-2;/h7H,1-6H2;2*1,3-4H2,2H3;/q-2;;;+2/t7-;;;/m1.../s1. The summed E-state index contributed by atoms with van der Waals surface area (Å²) in [6, 6.07) is 0. The molecule has 112 valence electrons. The fraction of sp³-hybridized carbons (Fsp3) is 1.00. The van der Waals surface area contributed by atoms with Crippen LogP contribution in [-0.2, 0) is 6.15 Å². The summed E-state index contributed by atoms with van der Waals surface area (Å²) in [7, 11) is 0. The Morgan fingerprint density at radius 2 is 1.68 bits per heavy atom. The molecule has 2 aliphatic heterocycles. The van der Waals surface area contributed by atoms with E-state index in [1.807, 2.05) is 0 Å². The van der Waals surface area contributed by atoms with Crippen LogP contribution < -0.4 is 0 Å². The Labute approximate surface area is 124 Å². The quantitative estimate of drug-likeness (QED) is 0.605. The maximum atomic E-state index is 6.56. The molecule has 0 aromatic carbocycles. The van der Waals surface area contributed by atoms with Gasteiger partial charge in [0.1, 0.15) is 0 Å². The van der Waals surface area contributed by atoms with Gasteiger partial charge in [0.05, 0.1) is 0 Å². The molecule has 2 fully saturated rings. The van der Waals surface area contributed by atoms with Crippen LogP contribution in [0.5, 0.6) is 0 Å². The Bertz CT molecular complexity index is 249. The average Bonchev–Trinajstić information content (AvgIpc) is 3.06. The molecule has 0 aromatic rings. The van der Waals surface area contributed by atoms with Gasteiger partial charge >= 0.3 is 124 Å². The summed E-state index contributed by atoms with van der Waals surface area (Å²) >= 11 is -2.65. The van der Waals surface area contributed by atoms with Gasteiger partial charge in [0, 0.05) is 0 Å². The van der Waals surface area contributed by atoms with Crippen molar-refractivity contribution in [1.82, 2.24) is 4.90 Å². The minimum atomic E-state index is -2.65. The number of likely N-dealkylation sites (tertiary alicyclic amines) is 1. The van der Waals surface area contributed by atoms with Crippen LogP contribution in [0.4, 0.5) is 0 Å². The summed E-state index contributed by atoms with van der Waals surface area (Å²) in [6.45, 7) is 9.10. The van der Waals surface area contributed by atoms with E-state index in [1.165, 1.54) is 60.5 Å². The summed E-state index contributed by atoms with van der Waals surface area (Å²) in [6.07, 6.45) is 8.28. The van der Waals surface area contributed by atoms with Gasteiger partial charge in [-0.25, -0.2) is 0 Å².